The Morgan fingerprint density at radius 3 is 2.93 bits per heavy atom. The minimum absolute atomic E-state index is 0.699. The van der Waals surface area contributed by atoms with Crippen LogP contribution in [0.2, 0.25) is 0 Å². The summed E-state index contributed by atoms with van der Waals surface area (Å²) in [6, 6.07) is 8.07. The van der Waals surface area contributed by atoms with Crippen molar-refractivity contribution in [3.8, 4) is 5.75 Å². The van der Waals surface area contributed by atoms with Gasteiger partial charge in [-0.05, 0) is 25.8 Å². The van der Waals surface area contributed by atoms with Gasteiger partial charge in [0.25, 0.3) is 0 Å². The van der Waals surface area contributed by atoms with Crippen molar-refractivity contribution in [2.45, 2.75) is 19.8 Å². The molecule has 14 heavy (non-hydrogen) atoms. The molecule has 0 saturated carbocycles. The Balaban J connectivity index is 2.21. The van der Waals surface area contributed by atoms with E-state index in [-0.39, 0.29) is 0 Å². The van der Waals surface area contributed by atoms with Crippen LogP contribution >= 0.6 is 0 Å². The summed E-state index contributed by atoms with van der Waals surface area (Å²) in [5.74, 6) is 0.937. The van der Waals surface area contributed by atoms with Gasteiger partial charge in [0, 0.05) is 12.2 Å². The van der Waals surface area contributed by atoms with Crippen LogP contribution in [-0.4, -0.2) is 13.2 Å². The van der Waals surface area contributed by atoms with Crippen molar-refractivity contribution in [3.05, 3.63) is 35.9 Å². The Bertz CT molecular complexity index is 290. The molecule has 1 saturated heterocycles. The molecule has 2 nitrogen and oxygen atoms in total. The zero-order valence-corrected chi connectivity index (χ0v) is 8.45. The molecule has 0 bridgehead atoms. The average molecular weight is 191 g/mol. The van der Waals surface area contributed by atoms with Crippen molar-refractivity contribution in [1.82, 2.24) is 0 Å². The van der Waals surface area contributed by atoms with Crippen molar-refractivity contribution in [3.63, 3.8) is 0 Å². The molecule has 1 aromatic rings. The van der Waals surface area contributed by atoms with Crippen LogP contribution in [0.5, 0.6) is 5.75 Å². The van der Waals surface area contributed by atoms with E-state index in [1.807, 2.05) is 25.1 Å². The monoisotopic (exact) mass is 191 g/mol. The van der Waals surface area contributed by atoms with Crippen LogP contribution in [-0.2, 0) is 4.74 Å². The van der Waals surface area contributed by atoms with Gasteiger partial charge in [-0.15, -0.1) is 0 Å². The zero-order chi connectivity index (χ0) is 9.80. The molecule has 2 heteroatoms. The third-order valence-electron chi connectivity index (χ3n) is 2.31. The minimum Gasteiger partial charge on any atom is -0.493 e. The van der Waals surface area contributed by atoms with Crippen molar-refractivity contribution in [2.24, 2.45) is 0 Å². The molecule has 1 fully saturated rings. The van der Waals surface area contributed by atoms with E-state index in [1.54, 1.807) is 0 Å². The average Bonchev–Trinajstić information content (AvgIpc) is 2.72. The predicted molar refractivity (Wildman–Crippen MR) is 55.1 cm³/mol. The number of para-hydroxylation sites is 1. The molecule has 0 spiro atoms. The normalized spacial score (nSPS) is 17.2. The van der Waals surface area contributed by atoms with Crippen LogP contribution in [0.4, 0.5) is 0 Å². The van der Waals surface area contributed by atoms with Crippen molar-refractivity contribution in [1.29, 1.82) is 0 Å². The van der Waals surface area contributed by atoms with E-state index in [1.165, 1.54) is 0 Å². The highest BCUT2D eigenvalue weighted by Gasteiger charge is 2.22. The molecular weight excluding hydrogens is 176 g/mol. The smallest absolute Gasteiger partial charge is 0.130 e. The van der Waals surface area contributed by atoms with Gasteiger partial charge in [-0.25, -0.2) is 0 Å². The van der Waals surface area contributed by atoms with Crippen LogP contribution in [0, 0.1) is 6.10 Å². The molecule has 0 aromatic heterocycles. The maximum atomic E-state index is 5.56. The molecule has 0 amide bonds. The molecule has 0 unspecified atom stereocenters. The number of ether oxygens (including phenoxy) is 2. The second-order valence-electron chi connectivity index (χ2n) is 3.30. The molecule has 1 heterocycles. The lowest BCUT2D eigenvalue weighted by Gasteiger charge is -2.13. The SMILES string of the molecule is CCOc1ccccc1[C]1CCCO1. The molecule has 1 aliphatic heterocycles. The van der Waals surface area contributed by atoms with Crippen LogP contribution in [0.25, 0.3) is 0 Å². The van der Waals surface area contributed by atoms with Crippen molar-refractivity contribution < 1.29 is 9.47 Å². The Labute approximate surface area is 84.8 Å². The molecule has 1 radical (unpaired) electrons. The number of rotatable bonds is 3. The van der Waals surface area contributed by atoms with E-state index in [0.717, 1.165) is 36.9 Å². The Morgan fingerprint density at radius 2 is 2.21 bits per heavy atom. The first-order chi connectivity index (χ1) is 6.92. The molecule has 0 N–H and O–H groups in total. The maximum Gasteiger partial charge on any atom is 0.130 e. The van der Waals surface area contributed by atoms with Gasteiger partial charge in [0.05, 0.1) is 6.61 Å². The third-order valence-corrected chi connectivity index (χ3v) is 2.31. The Kier molecular flexibility index (Phi) is 3.04. The summed E-state index contributed by atoms with van der Waals surface area (Å²) in [7, 11) is 0. The van der Waals surface area contributed by atoms with E-state index >= 15 is 0 Å². The Hall–Kier alpha value is -1.02. The summed E-state index contributed by atoms with van der Waals surface area (Å²) < 4.78 is 11.1. The number of hydrogen-bond donors (Lipinski definition) is 0. The van der Waals surface area contributed by atoms with Crippen LogP contribution in [0.15, 0.2) is 24.3 Å². The summed E-state index contributed by atoms with van der Waals surface area (Å²) in [6.07, 6.45) is 3.23. The maximum absolute atomic E-state index is 5.56. The van der Waals surface area contributed by atoms with E-state index < -0.39 is 0 Å². The lowest BCUT2D eigenvalue weighted by atomic mass is 10.1. The van der Waals surface area contributed by atoms with E-state index in [2.05, 4.69) is 6.07 Å². The molecule has 0 atom stereocenters. The van der Waals surface area contributed by atoms with Gasteiger partial charge in [-0.3, -0.25) is 0 Å². The fourth-order valence-corrected chi connectivity index (χ4v) is 1.69. The molecule has 1 aromatic carbocycles. The first kappa shape index (κ1) is 9.53. The topological polar surface area (TPSA) is 18.5 Å². The van der Waals surface area contributed by atoms with E-state index in [4.69, 9.17) is 9.47 Å². The van der Waals surface area contributed by atoms with Gasteiger partial charge in [-0.2, -0.15) is 0 Å². The minimum atomic E-state index is 0.699. The molecular formula is C12H15O2. The highest BCUT2D eigenvalue weighted by molar-refractivity contribution is 5.41. The van der Waals surface area contributed by atoms with Gasteiger partial charge in [0.1, 0.15) is 11.9 Å². The number of benzene rings is 1. The lowest BCUT2D eigenvalue weighted by Crippen LogP contribution is -2.02. The summed E-state index contributed by atoms with van der Waals surface area (Å²) in [6.45, 7) is 3.54. The quantitative estimate of drug-likeness (QED) is 0.731. The van der Waals surface area contributed by atoms with E-state index in [9.17, 15) is 0 Å². The second kappa shape index (κ2) is 4.47. The highest BCUT2D eigenvalue weighted by atomic mass is 16.5. The van der Waals surface area contributed by atoms with Gasteiger partial charge in [-0.1, -0.05) is 18.2 Å². The fraction of sp³-hybridized carbons (Fsp3) is 0.417. The molecule has 1 aliphatic rings. The van der Waals surface area contributed by atoms with Gasteiger partial charge < -0.3 is 9.47 Å². The molecule has 75 valence electrons. The van der Waals surface area contributed by atoms with Crippen LogP contribution < -0.4 is 4.74 Å². The third kappa shape index (κ3) is 1.90. The number of hydrogen-bond acceptors (Lipinski definition) is 2. The van der Waals surface area contributed by atoms with Crippen molar-refractivity contribution >= 4 is 0 Å². The standard InChI is InChI=1S/C12H15O2/c1-2-13-11-7-4-3-6-10(11)12-8-5-9-14-12/h3-4,6-7H,2,5,8-9H2,1H3. The van der Waals surface area contributed by atoms with Crippen molar-refractivity contribution in [2.75, 3.05) is 13.2 Å². The first-order valence-corrected chi connectivity index (χ1v) is 5.12. The lowest BCUT2D eigenvalue weighted by molar-refractivity contribution is 0.212. The summed E-state index contributed by atoms with van der Waals surface area (Å²) in [5, 5.41) is 0. The predicted octanol–water partition coefficient (Wildman–Crippen LogP) is 2.78. The fourth-order valence-electron chi connectivity index (χ4n) is 1.69. The van der Waals surface area contributed by atoms with E-state index in [0.29, 0.717) is 6.61 Å². The summed E-state index contributed by atoms with van der Waals surface area (Å²) in [4.78, 5) is 0. The molecule has 0 aliphatic carbocycles. The molecule has 2 rings (SSSR count). The van der Waals surface area contributed by atoms with Gasteiger partial charge in [0.15, 0.2) is 0 Å². The Morgan fingerprint density at radius 1 is 1.36 bits per heavy atom. The zero-order valence-electron chi connectivity index (χ0n) is 8.45. The van der Waals surface area contributed by atoms with Gasteiger partial charge >= 0.3 is 0 Å². The van der Waals surface area contributed by atoms with Crippen LogP contribution in [0.1, 0.15) is 25.3 Å². The largest absolute Gasteiger partial charge is 0.493 e. The summed E-state index contributed by atoms with van der Waals surface area (Å²) in [5.41, 5.74) is 1.12. The first-order valence-electron chi connectivity index (χ1n) is 5.12. The van der Waals surface area contributed by atoms with Gasteiger partial charge in [0.2, 0.25) is 0 Å². The van der Waals surface area contributed by atoms with Crippen LogP contribution in [0.3, 0.4) is 0 Å². The highest BCUT2D eigenvalue weighted by Crippen LogP contribution is 2.33. The summed E-state index contributed by atoms with van der Waals surface area (Å²) >= 11 is 0. The second-order valence-corrected chi connectivity index (χ2v) is 3.30.